The predicted octanol–water partition coefficient (Wildman–Crippen LogP) is 3.09. The zero-order valence-electron chi connectivity index (χ0n) is 16.8. The van der Waals surface area contributed by atoms with Gasteiger partial charge in [0.15, 0.2) is 5.60 Å². The van der Waals surface area contributed by atoms with E-state index in [9.17, 15) is 19.1 Å². The molecule has 152 valence electrons. The number of carbonyl (C=O) groups is 2. The Bertz CT molecular complexity index is 776. The molecule has 2 amide bonds. The van der Waals surface area contributed by atoms with Crippen molar-refractivity contribution in [2.45, 2.75) is 63.6 Å². The zero-order valence-corrected chi connectivity index (χ0v) is 16.8. The van der Waals surface area contributed by atoms with E-state index in [0.717, 1.165) is 19.3 Å². The van der Waals surface area contributed by atoms with Crippen LogP contribution in [0.5, 0.6) is 0 Å². The summed E-state index contributed by atoms with van der Waals surface area (Å²) in [5.41, 5.74) is -0.675. The van der Waals surface area contributed by atoms with E-state index in [4.69, 9.17) is 0 Å². The van der Waals surface area contributed by atoms with E-state index in [1.807, 2.05) is 18.7 Å². The molecule has 3 rings (SSSR count). The van der Waals surface area contributed by atoms with Crippen LogP contribution >= 0.6 is 0 Å². The number of likely N-dealkylation sites (tertiary alicyclic amines) is 1. The van der Waals surface area contributed by atoms with Gasteiger partial charge in [0.25, 0.3) is 11.8 Å². The molecule has 5 nitrogen and oxygen atoms in total. The third-order valence-corrected chi connectivity index (χ3v) is 5.95. The molecule has 1 aromatic carbocycles. The lowest BCUT2D eigenvalue weighted by Gasteiger charge is -2.50. The van der Waals surface area contributed by atoms with Crippen molar-refractivity contribution in [3.63, 3.8) is 0 Å². The van der Waals surface area contributed by atoms with E-state index in [1.54, 1.807) is 17.0 Å². The highest BCUT2D eigenvalue weighted by molar-refractivity contribution is 5.95. The van der Waals surface area contributed by atoms with Crippen LogP contribution in [0.2, 0.25) is 0 Å². The Balaban J connectivity index is 1.82. The fraction of sp³-hybridized carbons (Fsp3) is 0.545. The Morgan fingerprint density at radius 2 is 1.89 bits per heavy atom. The summed E-state index contributed by atoms with van der Waals surface area (Å²) in [5, 5.41) is 10.2. The summed E-state index contributed by atoms with van der Waals surface area (Å²) in [5.74, 6) is -0.886. The highest BCUT2D eigenvalue weighted by Crippen LogP contribution is 2.32. The van der Waals surface area contributed by atoms with Crippen LogP contribution in [0.15, 0.2) is 30.9 Å². The largest absolute Gasteiger partial charge is 0.376 e. The number of hydrogen-bond donors (Lipinski definition) is 1. The average Bonchev–Trinajstić information content (AvgIpc) is 2.65. The number of piperazine rings is 1. The molecule has 2 saturated heterocycles. The topological polar surface area (TPSA) is 60.9 Å². The summed E-state index contributed by atoms with van der Waals surface area (Å²) in [6, 6.07) is 4.45. The van der Waals surface area contributed by atoms with Crippen molar-refractivity contribution in [3.8, 4) is 0 Å². The molecule has 6 heteroatoms. The lowest BCUT2D eigenvalue weighted by atomic mass is 9.89. The van der Waals surface area contributed by atoms with Gasteiger partial charge in [-0.3, -0.25) is 9.59 Å². The molecular weight excluding hydrogens is 359 g/mol. The first-order valence-electron chi connectivity index (χ1n) is 9.93. The Morgan fingerprint density at radius 1 is 1.29 bits per heavy atom. The third-order valence-electron chi connectivity index (χ3n) is 5.95. The van der Waals surface area contributed by atoms with Gasteiger partial charge < -0.3 is 14.9 Å². The van der Waals surface area contributed by atoms with Crippen LogP contribution in [0.25, 0.3) is 0 Å². The Labute approximate surface area is 165 Å². The molecule has 0 aromatic heterocycles. The lowest BCUT2D eigenvalue weighted by molar-refractivity contribution is -0.150. The van der Waals surface area contributed by atoms with E-state index >= 15 is 0 Å². The first-order valence-corrected chi connectivity index (χ1v) is 9.93. The van der Waals surface area contributed by atoms with Gasteiger partial charge in [-0.15, -0.1) is 0 Å². The van der Waals surface area contributed by atoms with Gasteiger partial charge in [-0.2, -0.15) is 0 Å². The number of piperidine rings is 1. The van der Waals surface area contributed by atoms with Crippen molar-refractivity contribution < 1.29 is 19.1 Å². The first kappa shape index (κ1) is 20.5. The molecule has 0 aliphatic carbocycles. The maximum Gasteiger partial charge on any atom is 0.258 e. The van der Waals surface area contributed by atoms with Crippen LogP contribution in [-0.4, -0.2) is 57.5 Å². The lowest BCUT2D eigenvalue weighted by Crippen LogP contribution is -2.65. The summed E-state index contributed by atoms with van der Waals surface area (Å²) < 4.78 is 14.4. The Morgan fingerprint density at radius 3 is 2.39 bits per heavy atom. The highest BCUT2D eigenvalue weighted by atomic mass is 19.1. The monoisotopic (exact) mass is 388 g/mol. The number of carbonyl (C=O) groups excluding carboxylic acids is 2. The van der Waals surface area contributed by atoms with E-state index in [0.29, 0.717) is 24.2 Å². The van der Waals surface area contributed by atoms with Gasteiger partial charge in [0.1, 0.15) is 5.82 Å². The SMILES string of the molecule is C=CC(C)(O)C(=O)N1CC2CCCC(C1)N2C(=O)c1ccc(C(C)C)c(F)c1. The fourth-order valence-electron chi connectivity index (χ4n) is 4.29. The molecule has 3 unspecified atom stereocenters. The Hall–Kier alpha value is -2.21. The normalized spacial score (nSPS) is 24.1. The Kier molecular flexibility index (Phi) is 5.62. The van der Waals surface area contributed by atoms with Gasteiger partial charge in [0.05, 0.1) is 0 Å². The number of aliphatic hydroxyl groups is 1. The van der Waals surface area contributed by atoms with E-state index in [1.165, 1.54) is 19.1 Å². The molecule has 2 heterocycles. The number of nitrogens with zero attached hydrogens (tertiary/aromatic N) is 2. The molecule has 0 spiro atoms. The summed E-state index contributed by atoms with van der Waals surface area (Å²) in [4.78, 5) is 29.2. The molecule has 2 bridgehead atoms. The molecule has 2 fully saturated rings. The van der Waals surface area contributed by atoms with Crippen LogP contribution in [-0.2, 0) is 4.79 Å². The third kappa shape index (κ3) is 3.70. The summed E-state index contributed by atoms with van der Waals surface area (Å²) in [6.45, 7) is 9.53. The van der Waals surface area contributed by atoms with Gasteiger partial charge in [0, 0.05) is 30.7 Å². The van der Waals surface area contributed by atoms with E-state index < -0.39 is 5.60 Å². The standard InChI is InChI=1S/C22H29FN2O3/c1-5-22(4,28)21(27)24-12-16-7-6-8-17(13-24)25(16)20(26)15-9-10-18(14(2)3)19(23)11-15/h5,9-11,14,16-17,28H,1,6-8,12-13H2,2-4H3. The summed E-state index contributed by atoms with van der Waals surface area (Å²) in [6.07, 6.45) is 3.80. The van der Waals surface area contributed by atoms with Crippen molar-refractivity contribution in [2.75, 3.05) is 13.1 Å². The zero-order chi connectivity index (χ0) is 20.6. The van der Waals surface area contributed by atoms with Gasteiger partial charge in [-0.05, 0) is 49.8 Å². The minimum absolute atomic E-state index is 0.0516. The fourth-order valence-corrected chi connectivity index (χ4v) is 4.29. The molecule has 3 atom stereocenters. The summed E-state index contributed by atoms with van der Waals surface area (Å²) >= 11 is 0. The number of hydrogen-bond acceptors (Lipinski definition) is 3. The van der Waals surface area contributed by atoms with Gasteiger partial charge >= 0.3 is 0 Å². The second-order valence-corrected chi connectivity index (χ2v) is 8.40. The van der Waals surface area contributed by atoms with Crippen LogP contribution in [0.3, 0.4) is 0 Å². The highest BCUT2D eigenvalue weighted by Gasteiger charge is 2.44. The van der Waals surface area contributed by atoms with Crippen molar-refractivity contribution in [1.82, 2.24) is 9.80 Å². The maximum absolute atomic E-state index is 14.4. The van der Waals surface area contributed by atoms with Crippen LogP contribution in [0.4, 0.5) is 4.39 Å². The molecule has 0 radical (unpaired) electrons. The van der Waals surface area contributed by atoms with Crippen molar-refractivity contribution in [2.24, 2.45) is 0 Å². The van der Waals surface area contributed by atoms with Crippen molar-refractivity contribution >= 4 is 11.8 Å². The smallest absolute Gasteiger partial charge is 0.258 e. The second-order valence-electron chi connectivity index (χ2n) is 8.40. The maximum atomic E-state index is 14.4. The molecule has 2 aliphatic rings. The van der Waals surface area contributed by atoms with Crippen LogP contribution < -0.4 is 0 Å². The first-order chi connectivity index (χ1) is 13.2. The number of fused-ring (bicyclic) bond motifs is 2. The van der Waals surface area contributed by atoms with Gasteiger partial charge in [-0.25, -0.2) is 4.39 Å². The van der Waals surface area contributed by atoms with Gasteiger partial charge in [0.2, 0.25) is 0 Å². The van der Waals surface area contributed by atoms with E-state index in [2.05, 4.69) is 6.58 Å². The molecule has 1 N–H and O–H groups in total. The number of benzene rings is 1. The van der Waals surface area contributed by atoms with Crippen LogP contribution in [0, 0.1) is 5.82 Å². The second kappa shape index (κ2) is 7.66. The summed E-state index contributed by atoms with van der Waals surface area (Å²) in [7, 11) is 0. The number of rotatable bonds is 4. The minimum Gasteiger partial charge on any atom is -0.376 e. The number of halogens is 1. The average molecular weight is 388 g/mol. The predicted molar refractivity (Wildman–Crippen MR) is 105 cm³/mol. The van der Waals surface area contributed by atoms with Gasteiger partial charge in [-0.1, -0.05) is 32.6 Å². The molecular formula is C22H29FN2O3. The van der Waals surface area contributed by atoms with E-state index in [-0.39, 0.29) is 35.6 Å². The molecule has 1 aromatic rings. The molecule has 2 aliphatic heterocycles. The molecule has 0 saturated carbocycles. The van der Waals surface area contributed by atoms with Crippen molar-refractivity contribution in [1.29, 1.82) is 0 Å². The minimum atomic E-state index is -1.61. The number of amides is 2. The van der Waals surface area contributed by atoms with Crippen molar-refractivity contribution in [3.05, 3.63) is 47.8 Å². The quantitative estimate of drug-likeness (QED) is 0.807. The van der Waals surface area contributed by atoms with Crippen LogP contribution in [0.1, 0.15) is 61.9 Å². The molecule has 28 heavy (non-hydrogen) atoms.